The van der Waals surface area contributed by atoms with Crippen LogP contribution in [-0.2, 0) is 30.7 Å². The van der Waals surface area contributed by atoms with Gasteiger partial charge in [-0.3, -0.25) is 4.79 Å². The molecule has 2 aliphatic rings. The second-order valence-electron chi connectivity index (χ2n) is 14.3. The molecule has 1 atom stereocenters. The van der Waals surface area contributed by atoms with Gasteiger partial charge in [0, 0.05) is 43.9 Å². The number of hydrogen-bond donors (Lipinski definition) is 0. The maximum atomic E-state index is 13.9. The van der Waals surface area contributed by atoms with E-state index < -0.39 is 45.3 Å². The van der Waals surface area contributed by atoms with Gasteiger partial charge in [0.15, 0.2) is 5.65 Å². The Labute approximate surface area is 265 Å². The molecule has 0 aromatic carbocycles. The molecule has 4 rings (SSSR count). The minimum Gasteiger partial charge on any atom is -0.459 e. The van der Waals surface area contributed by atoms with Crippen LogP contribution < -0.4 is 0 Å². The number of nitrogens with zero attached hydrogens (tertiary/aromatic N) is 4. The normalized spacial score (nSPS) is 20.0. The lowest BCUT2D eigenvalue weighted by Crippen LogP contribution is -2.46. The first-order valence-electron chi connectivity index (χ1n) is 15.9. The lowest BCUT2D eigenvalue weighted by molar-refractivity contribution is -0.158. The highest BCUT2D eigenvalue weighted by Gasteiger charge is 2.43. The molecule has 1 saturated carbocycles. The number of fused-ring (bicyclic) bond motifs is 1. The summed E-state index contributed by atoms with van der Waals surface area (Å²) in [7, 11) is -4.06. The zero-order chi connectivity index (χ0) is 33.4. The van der Waals surface area contributed by atoms with E-state index >= 15 is 0 Å². The van der Waals surface area contributed by atoms with Crippen molar-refractivity contribution in [2.45, 2.75) is 140 Å². The van der Waals surface area contributed by atoms with Crippen molar-refractivity contribution >= 4 is 27.7 Å². The summed E-state index contributed by atoms with van der Waals surface area (Å²) in [6.45, 7) is 13.0. The molecule has 45 heavy (non-hydrogen) atoms. The minimum absolute atomic E-state index is 0.0278. The fourth-order valence-electron chi connectivity index (χ4n) is 5.97. The largest absolute Gasteiger partial charge is 0.459 e. The maximum absolute atomic E-state index is 13.9. The van der Waals surface area contributed by atoms with Crippen LogP contribution in [0.15, 0.2) is 23.2 Å². The SMILES string of the molecule is Cc1ccc(S(=O)(=O)N2CCC[C@H]2C(=O)OC(C)(C)C)c2nc(CCCCN(C(=O)OC(C)(C)C)C3CCC(F)(F)CC3)cn12. The molecule has 3 heterocycles. The molecule has 1 saturated heterocycles. The first-order valence-corrected chi connectivity index (χ1v) is 17.3. The van der Waals surface area contributed by atoms with Gasteiger partial charge in [0.05, 0.1) is 5.69 Å². The molecule has 1 amide bonds. The number of amides is 1. The van der Waals surface area contributed by atoms with Crippen molar-refractivity contribution in [3.8, 4) is 0 Å². The number of carbonyl (C=O) groups is 2. The number of sulfonamides is 1. The monoisotopic (exact) mass is 654 g/mol. The van der Waals surface area contributed by atoms with Crippen LogP contribution in [-0.4, -0.2) is 81.4 Å². The van der Waals surface area contributed by atoms with E-state index in [4.69, 9.17) is 14.5 Å². The molecule has 0 unspecified atom stereocenters. The smallest absolute Gasteiger partial charge is 0.410 e. The number of halogens is 2. The number of alkyl halides is 2. The van der Waals surface area contributed by atoms with Gasteiger partial charge in [0.25, 0.3) is 0 Å². The Balaban J connectivity index is 1.48. The van der Waals surface area contributed by atoms with Crippen LogP contribution in [0, 0.1) is 6.92 Å². The van der Waals surface area contributed by atoms with E-state index in [1.165, 1.54) is 10.4 Å². The van der Waals surface area contributed by atoms with E-state index in [1.807, 2.05) is 13.1 Å². The summed E-state index contributed by atoms with van der Waals surface area (Å²) < 4.78 is 69.6. The zero-order valence-electron chi connectivity index (χ0n) is 27.6. The van der Waals surface area contributed by atoms with Crippen LogP contribution in [0.4, 0.5) is 13.6 Å². The Morgan fingerprint density at radius 2 is 1.67 bits per heavy atom. The first-order chi connectivity index (χ1) is 20.8. The summed E-state index contributed by atoms with van der Waals surface area (Å²) in [4.78, 5) is 32.2. The van der Waals surface area contributed by atoms with Gasteiger partial charge in [-0.2, -0.15) is 4.31 Å². The fraction of sp³-hybridized carbons (Fsp3) is 0.719. The molecule has 0 bridgehead atoms. The number of esters is 1. The number of aryl methyl sites for hydroxylation is 2. The molecular weight excluding hydrogens is 606 g/mol. The third kappa shape index (κ3) is 8.72. The second-order valence-corrected chi connectivity index (χ2v) is 16.1. The molecule has 10 nitrogen and oxygen atoms in total. The van der Waals surface area contributed by atoms with E-state index in [-0.39, 0.29) is 43.2 Å². The molecule has 0 spiro atoms. The van der Waals surface area contributed by atoms with Crippen molar-refractivity contribution in [1.29, 1.82) is 0 Å². The second kappa shape index (κ2) is 13.1. The van der Waals surface area contributed by atoms with Crippen molar-refractivity contribution in [2.75, 3.05) is 13.1 Å². The number of carbonyl (C=O) groups excluding carboxylic acids is 2. The van der Waals surface area contributed by atoms with Crippen LogP contribution in [0.3, 0.4) is 0 Å². The molecule has 2 aromatic rings. The highest BCUT2D eigenvalue weighted by molar-refractivity contribution is 7.89. The van der Waals surface area contributed by atoms with Crippen LogP contribution in [0.5, 0.6) is 0 Å². The van der Waals surface area contributed by atoms with E-state index in [2.05, 4.69) is 0 Å². The molecule has 0 N–H and O–H groups in total. The van der Waals surface area contributed by atoms with Gasteiger partial charge in [-0.25, -0.2) is 27.0 Å². The van der Waals surface area contributed by atoms with Crippen LogP contribution >= 0.6 is 0 Å². The maximum Gasteiger partial charge on any atom is 0.410 e. The summed E-state index contributed by atoms with van der Waals surface area (Å²) in [6, 6.07) is 2.05. The average molecular weight is 655 g/mol. The zero-order valence-corrected chi connectivity index (χ0v) is 28.4. The third-order valence-electron chi connectivity index (χ3n) is 8.14. The van der Waals surface area contributed by atoms with E-state index in [1.54, 1.807) is 56.9 Å². The number of pyridine rings is 1. The number of imidazole rings is 1. The summed E-state index contributed by atoms with van der Waals surface area (Å²) in [5, 5.41) is 0. The summed E-state index contributed by atoms with van der Waals surface area (Å²) in [5.41, 5.74) is 0.338. The Morgan fingerprint density at radius 1 is 1.02 bits per heavy atom. The predicted molar refractivity (Wildman–Crippen MR) is 166 cm³/mol. The number of rotatable bonds is 9. The number of hydrogen-bond acceptors (Lipinski definition) is 7. The van der Waals surface area contributed by atoms with Gasteiger partial charge >= 0.3 is 12.1 Å². The molecule has 2 aromatic heterocycles. The lowest BCUT2D eigenvalue weighted by atomic mass is 9.91. The highest BCUT2D eigenvalue weighted by Crippen LogP contribution is 2.36. The van der Waals surface area contributed by atoms with E-state index in [0.717, 1.165) is 5.69 Å². The van der Waals surface area contributed by atoms with Crippen LogP contribution in [0.1, 0.15) is 104 Å². The van der Waals surface area contributed by atoms with Crippen LogP contribution in [0.2, 0.25) is 0 Å². The Hall–Kier alpha value is -2.80. The topological polar surface area (TPSA) is 111 Å². The van der Waals surface area contributed by atoms with Gasteiger partial charge < -0.3 is 18.8 Å². The number of ether oxygens (including phenoxy) is 2. The van der Waals surface area contributed by atoms with E-state index in [9.17, 15) is 26.8 Å². The Kier molecular flexibility index (Phi) is 10.2. The van der Waals surface area contributed by atoms with Gasteiger partial charge in [0.1, 0.15) is 22.1 Å². The molecular formula is C32H48F2N4O6S. The van der Waals surface area contributed by atoms with E-state index in [0.29, 0.717) is 50.0 Å². The quantitative estimate of drug-likeness (QED) is 0.231. The summed E-state index contributed by atoms with van der Waals surface area (Å²) >= 11 is 0. The standard InChI is InChI=1S/C32H48F2N4O6S/c1-22-13-14-26(45(41,42)38-20-10-12-25(38)28(39)43-30(2,3)4)27-35-23(21-37(22)27)11-8-9-19-36(29(40)44-31(5,6)7)24-15-17-32(33,34)18-16-24/h13-14,21,24-25H,8-12,15-20H2,1-7H3/t25-/m0/s1. The van der Waals surface area contributed by atoms with Gasteiger partial charge in [-0.1, -0.05) is 0 Å². The first kappa shape index (κ1) is 35.1. The third-order valence-corrected chi connectivity index (χ3v) is 10.1. The lowest BCUT2D eigenvalue weighted by Gasteiger charge is -2.37. The van der Waals surface area contributed by atoms with Gasteiger partial charge in [0.2, 0.25) is 15.9 Å². The Morgan fingerprint density at radius 3 is 2.29 bits per heavy atom. The van der Waals surface area contributed by atoms with Crippen molar-refractivity contribution in [3.05, 3.63) is 29.7 Å². The Bertz CT molecular complexity index is 1490. The van der Waals surface area contributed by atoms with Gasteiger partial charge in [-0.15, -0.1) is 0 Å². The molecule has 13 heteroatoms. The molecule has 1 aliphatic heterocycles. The van der Waals surface area contributed by atoms with Crippen molar-refractivity contribution in [3.63, 3.8) is 0 Å². The van der Waals surface area contributed by atoms with Crippen LogP contribution in [0.25, 0.3) is 5.65 Å². The summed E-state index contributed by atoms with van der Waals surface area (Å²) in [5.74, 6) is -3.26. The highest BCUT2D eigenvalue weighted by atomic mass is 32.2. The molecule has 2 fully saturated rings. The number of unbranched alkanes of at least 4 members (excludes halogenated alkanes) is 1. The molecule has 1 aliphatic carbocycles. The molecule has 0 radical (unpaired) electrons. The number of aromatic nitrogens is 2. The van der Waals surface area contributed by atoms with Crippen molar-refractivity contribution < 1.29 is 36.3 Å². The summed E-state index contributed by atoms with van der Waals surface area (Å²) in [6.07, 6.45) is 3.95. The fourth-order valence-corrected chi connectivity index (χ4v) is 7.74. The minimum atomic E-state index is -4.06. The van der Waals surface area contributed by atoms with Gasteiger partial charge in [-0.05, 0) is 106 Å². The van der Waals surface area contributed by atoms with Crippen molar-refractivity contribution in [1.82, 2.24) is 18.6 Å². The average Bonchev–Trinajstić information content (AvgIpc) is 3.56. The molecule has 252 valence electrons. The van der Waals surface area contributed by atoms with Crippen molar-refractivity contribution in [2.24, 2.45) is 0 Å². The predicted octanol–water partition coefficient (Wildman–Crippen LogP) is 6.28.